The third-order valence-electron chi connectivity index (χ3n) is 3.97. The summed E-state index contributed by atoms with van der Waals surface area (Å²) >= 11 is 0. The lowest BCUT2D eigenvalue weighted by Crippen LogP contribution is -2.33. The number of halogens is 1. The van der Waals surface area contributed by atoms with Gasteiger partial charge >= 0.3 is 0 Å². The molecule has 0 spiro atoms. The van der Waals surface area contributed by atoms with Gasteiger partial charge in [0.25, 0.3) is 0 Å². The molecule has 0 aromatic carbocycles. The van der Waals surface area contributed by atoms with E-state index in [0.29, 0.717) is 18.8 Å². The first kappa shape index (κ1) is 14.2. The Morgan fingerprint density at radius 3 is 2.56 bits per heavy atom. The van der Waals surface area contributed by atoms with Gasteiger partial charge in [-0.15, -0.1) is 0 Å². The monoisotopic (exact) mass is 273 g/mol. The summed E-state index contributed by atoms with van der Waals surface area (Å²) in [6, 6.07) is 0. The van der Waals surface area contributed by atoms with Crippen LogP contribution in [0.4, 0.5) is 4.39 Å². The average molecular weight is 273 g/mol. The molecule has 2 fully saturated rings. The standard InChI is InChI=1S/C14H24FNOS/c1-13(2,3)18(17)16-10-11-5-4-8-14(15,9-11)12-6-7-12/h10-12H,4-9H2,1-3H3. The topological polar surface area (TPSA) is 29.4 Å². The Labute approximate surface area is 112 Å². The van der Waals surface area contributed by atoms with Gasteiger partial charge in [0.05, 0.1) is 4.75 Å². The van der Waals surface area contributed by atoms with Crippen molar-refractivity contribution in [3.05, 3.63) is 0 Å². The van der Waals surface area contributed by atoms with Crippen molar-refractivity contribution >= 4 is 17.2 Å². The van der Waals surface area contributed by atoms with Crippen LogP contribution in [-0.2, 0) is 11.0 Å². The fourth-order valence-corrected chi connectivity index (χ4v) is 3.30. The Bertz CT molecular complexity index is 359. The molecule has 2 saturated carbocycles. The third kappa shape index (κ3) is 3.40. The summed E-state index contributed by atoms with van der Waals surface area (Å²) in [5, 5.41) is 0. The Morgan fingerprint density at radius 1 is 1.33 bits per heavy atom. The second-order valence-electron chi connectivity index (χ2n) is 6.78. The Hall–Kier alpha value is -0.250. The fourth-order valence-electron chi connectivity index (χ4n) is 2.70. The van der Waals surface area contributed by atoms with Gasteiger partial charge in [0.1, 0.15) is 16.7 Å². The zero-order chi connectivity index (χ0) is 13.4. The van der Waals surface area contributed by atoms with Gasteiger partial charge in [-0.1, -0.05) is 0 Å². The zero-order valence-electron chi connectivity index (χ0n) is 11.6. The largest absolute Gasteiger partial charge is 0.244 e. The Balaban J connectivity index is 1.93. The maximum Gasteiger partial charge on any atom is 0.144 e. The molecule has 3 atom stereocenters. The van der Waals surface area contributed by atoms with Gasteiger partial charge in [0.2, 0.25) is 0 Å². The summed E-state index contributed by atoms with van der Waals surface area (Å²) in [5.41, 5.74) is -0.960. The number of nitrogens with zero attached hydrogens (tertiary/aromatic N) is 1. The van der Waals surface area contributed by atoms with E-state index in [1.807, 2.05) is 20.8 Å². The maximum absolute atomic E-state index is 14.6. The van der Waals surface area contributed by atoms with Gasteiger partial charge in [0, 0.05) is 6.21 Å². The van der Waals surface area contributed by atoms with Crippen LogP contribution in [0.3, 0.4) is 0 Å². The average Bonchev–Trinajstić information content (AvgIpc) is 3.08. The molecule has 18 heavy (non-hydrogen) atoms. The zero-order valence-corrected chi connectivity index (χ0v) is 12.4. The van der Waals surface area contributed by atoms with Crippen molar-refractivity contribution in [3.63, 3.8) is 0 Å². The summed E-state index contributed by atoms with van der Waals surface area (Å²) in [7, 11) is -1.21. The van der Waals surface area contributed by atoms with Crippen LogP contribution in [0.15, 0.2) is 4.40 Å². The summed E-state index contributed by atoms with van der Waals surface area (Å²) < 4.78 is 30.3. The smallest absolute Gasteiger partial charge is 0.144 e. The molecule has 3 unspecified atom stereocenters. The van der Waals surface area contributed by atoms with Crippen molar-refractivity contribution in [2.45, 2.75) is 69.7 Å². The molecule has 104 valence electrons. The van der Waals surface area contributed by atoms with Crippen molar-refractivity contribution in [3.8, 4) is 0 Å². The van der Waals surface area contributed by atoms with E-state index >= 15 is 0 Å². The van der Waals surface area contributed by atoms with Crippen molar-refractivity contribution in [1.29, 1.82) is 0 Å². The van der Waals surface area contributed by atoms with Gasteiger partial charge in [-0.05, 0) is 71.1 Å². The minimum atomic E-state index is -1.21. The van der Waals surface area contributed by atoms with Gasteiger partial charge in [0.15, 0.2) is 0 Å². The third-order valence-corrected chi connectivity index (χ3v) is 5.33. The number of alkyl halides is 1. The van der Waals surface area contributed by atoms with E-state index in [0.717, 1.165) is 25.7 Å². The summed E-state index contributed by atoms with van der Waals surface area (Å²) in [6.07, 6.45) is 7.09. The first-order valence-corrected chi connectivity index (χ1v) is 8.07. The highest BCUT2D eigenvalue weighted by atomic mass is 32.2. The van der Waals surface area contributed by atoms with E-state index in [2.05, 4.69) is 4.40 Å². The highest BCUT2D eigenvalue weighted by molar-refractivity contribution is 7.85. The summed E-state index contributed by atoms with van der Waals surface area (Å²) in [6.45, 7) is 5.72. The first-order chi connectivity index (χ1) is 8.31. The molecule has 2 aliphatic rings. The van der Waals surface area contributed by atoms with E-state index in [4.69, 9.17) is 0 Å². The first-order valence-electron chi connectivity index (χ1n) is 6.96. The molecular formula is C14H24FNOS. The summed E-state index contributed by atoms with van der Waals surface area (Å²) in [5.74, 6) is 0.470. The van der Waals surface area contributed by atoms with E-state index in [1.54, 1.807) is 6.21 Å². The lowest BCUT2D eigenvalue weighted by atomic mass is 9.77. The second-order valence-corrected chi connectivity index (χ2v) is 8.72. The predicted octanol–water partition coefficient (Wildman–Crippen LogP) is 3.83. The number of rotatable bonds is 3. The molecule has 2 nitrogen and oxygen atoms in total. The van der Waals surface area contributed by atoms with Crippen LogP contribution in [0.5, 0.6) is 0 Å². The van der Waals surface area contributed by atoms with Crippen LogP contribution in [-0.4, -0.2) is 20.8 Å². The van der Waals surface area contributed by atoms with Gasteiger partial charge in [-0.2, -0.15) is 4.40 Å². The maximum atomic E-state index is 14.6. The number of hydrogen-bond donors (Lipinski definition) is 0. The quantitative estimate of drug-likeness (QED) is 0.719. The molecule has 0 bridgehead atoms. The van der Waals surface area contributed by atoms with Crippen LogP contribution in [0.2, 0.25) is 0 Å². The van der Waals surface area contributed by atoms with Crippen molar-refractivity contribution in [1.82, 2.24) is 0 Å². The van der Waals surface area contributed by atoms with Crippen LogP contribution in [0.25, 0.3) is 0 Å². The molecule has 0 heterocycles. The molecule has 0 amide bonds. The Morgan fingerprint density at radius 2 is 2.00 bits per heavy atom. The van der Waals surface area contributed by atoms with Crippen molar-refractivity contribution < 1.29 is 8.60 Å². The molecule has 0 saturated heterocycles. The molecular weight excluding hydrogens is 249 g/mol. The normalized spacial score (nSPS) is 35.9. The second kappa shape index (κ2) is 5.03. The molecule has 0 radical (unpaired) electrons. The minimum absolute atomic E-state index is 0.177. The summed E-state index contributed by atoms with van der Waals surface area (Å²) in [4.78, 5) is 0. The minimum Gasteiger partial charge on any atom is -0.244 e. The molecule has 2 aliphatic carbocycles. The lowest BCUT2D eigenvalue weighted by Gasteiger charge is -2.33. The highest BCUT2D eigenvalue weighted by Gasteiger charge is 2.48. The predicted molar refractivity (Wildman–Crippen MR) is 74.9 cm³/mol. The van der Waals surface area contributed by atoms with Gasteiger partial charge < -0.3 is 0 Å². The van der Waals surface area contributed by atoms with Crippen LogP contribution in [0.1, 0.15) is 59.3 Å². The molecule has 0 N–H and O–H groups in total. The fraction of sp³-hybridized carbons (Fsp3) is 0.929. The molecule has 4 heteroatoms. The molecule has 0 aliphatic heterocycles. The molecule has 2 rings (SSSR count). The van der Waals surface area contributed by atoms with E-state index in [1.165, 1.54) is 0 Å². The molecule has 0 aromatic heterocycles. The molecule has 0 aromatic rings. The van der Waals surface area contributed by atoms with E-state index < -0.39 is 16.7 Å². The Kier molecular flexibility index (Phi) is 3.96. The van der Waals surface area contributed by atoms with E-state index in [-0.39, 0.29) is 10.7 Å². The van der Waals surface area contributed by atoms with Gasteiger partial charge in [-0.3, -0.25) is 0 Å². The lowest BCUT2D eigenvalue weighted by molar-refractivity contribution is 0.0689. The highest BCUT2D eigenvalue weighted by Crippen LogP contribution is 2.50. The van der Waals surface area contributed by atoms with Crippen LogP contribution in [0, 0.1) is 11.8 Å². The SMILES string of the molecule is CC(C)(C)S(=O)N=CC1CCCC(F)(C2CC2)C1. The van der Waals surface area contributed by atoms with Crippen LogP contribution >= 0.6 is 0 Å². The van der Waals surface area contributed by atoms with Gasteiger partial charge in [-0.25, -0.2) is 8.60 Å². The van der Waals surface area contributed by atoms with Crippen LogP contribution < -0.4 is 0 Å². The van der Waals surface area contributed by atoms with Crippen molar-refractivity contribution in [2.24, 2.45) is 16.2 Å². The number of hydrogen-bond acceptors (Lipinski definition) is 1. The van der Waals surface area contributed by atoms with E-state index in [9.17, 15) is 8.60 Å². The van der Waals surface area contributed by atoms with Crippen molar-refractivity contribution in [2.75, 3.05) is 0 Å².